The molecule has 6 nitrogen and oxygen atoms in total. The zero-order valence-corrected chi connectivity index (χ0v) is 16.9. The predicted molar refractivity (Wildman–Crippen MR) is 111 cm³/mol. The highest BCUT2D eigenvalue weighted by molar-refractivity contribution is 5.89. The van der Waals surface area contributed by atoms with E-state index in [9.17, 15) is 19.7 Å². The molecule has 0 radical (unpaired) electrons. The average molecular weight is 414 g/mol. The van der Waals surface area contributed by atoms with Crippen molar-refractivity contribution in [2.24, 2.45) is 10.5 Å². The molecule has 31 heavy (non-hydrogen) atoms. The Morgan fingerprint density at radius 2 is 1.90 bits per heavy atom. The summed E-state index contributed by atoms with van der Waals surface area (Å²) >= 11 is 0. The lowest BCUT2D eigenvalue weighted by Gasteiger charge is -2.37. The number of hydrazone groups is 1. The first-order chi connectivity index (χ1) is 15.0. The Kier molecular flexibility index (Phi) is 4.83. The van der Waals surface area contributed by atoms with Crippen molar-refractivity contribution >= 4 is 12.2 Å². The zero-order chi connectivity index (χ0) is 22.2. The van der Waals surface area contributed by atoms with E-state index in [1.807, 2.05) is 30.3 Å². The van der Waals surface area contributed by atoms with E-state index < -0.39 is 28.8 Å². The summed E-state index contributed by atoms with van der Waals surface area (Å²) in [4.78, 5) is 13.6. The van der Waals surface area contributed by atoms with Gasteiger partial charge in [-0.1, -0.05) is 49.0 Å². The number of nitriles is 2. The van der Waals surface area contributed by atoms with Crippen molar-refractivity contribution in [3.63, 3.8) is 0 Å². The molecule has 2 aromatic carbocycles. The minimum atomic E-state index is -1.91. The Bertz CT molecular complexity index is 1180. The molecule has 154 valence electrons. The maximum atomic E-state index is 14.7. The smallest absolute Gasteiger partial charge is 0.319 e. The first-order valence-corrected chi connectivity index (χ1v) is 9.81. The van der Waals surface area contributed by atoms with Crippen LogP contribution in [-0.2, 0) is 16.0 Å². The number of carbonyl (C=O) groups is 1. The molecule has 2 aliphatic rings. The lowest BCUT2D eigenvalue weighted by molar-refractivity contribution is -0.155. The Morgan fingerprint density at radius 3 is 2.58 bits per heavy atom. The van der Waals surface area contributed by atoms with Gasteiger partial charge in [0.25, 0.3) is 5.54 Å². The number of ether oxygens (including phenoxy) is 1. The minimum Gasteiger partial charge on any atom is -0.465 e. The highest BCUT2D eigenvalue weighted by Gasteiger charge is 2.69. The van der Waals surface area contributed by atoms with E-state index in [0.717, 1.165) is 5.56 Å². The van der Waals surface area contributed by atoms with Gasteiger partial charge in [0.05, 0.1) is 18.9 Å². The molecule has 0 spiro atoms. The van der Waals surface area contributed by atoms with Crippen LogP contribution >= 0.6 is 0 Å². The number of esters is 1. The van der Waals surface area contributed by atoms with E-state index in [4.69, 9.17) is 4.74 Å². The van der Waals surface area contributed by atoms with E-state index in [-0.39, 0.29) is 24.2 Å². The van der Waals surface area contributed by atoms with Gasteiger partial charge in [-0.2, -0.15) is 15.6 Å². The van der Waals surface area contributed by atoms with Gasteiger partial charge in [-0.15, -0.1) is 0 Å². The van der Waals surface area contributed by atoms with E-state index in [1.54, 1.807) is 37.4 Å². The number of fused-ring (bicyclic) bond motifs is 3. The molecule has 2 aromatic rings. The average Bonchev–Trinajstić information content (AvgIpc) is 3.01. The van der Waals surface area contributed by atoms with Crippen molar-refractivity contribution in [3.05, 3.63) is 83.2 Å². The summed E-state index contributed by atoms with van der Waals surface area (Å²) in [6.07, 6.45) is 1.42. The van der Waals surface area contributed by atoms with Crippen molar-refractivity contribution < 1.29 is 13.9 Å². The third-order valence-corrected chi connectivity index (χ3v) is 6.03. The Hall–Kier alpha value is -3.97. The topological polar surface area (TPSA) is 89.5 Å². The Balaban J connectivity index is 2.04. The lowest BCUT2D eigenvalue weighted by Crippen LogP contribution is -2.43. The molecule has 0 aromatic heterocycles. The second kappa shape index (κ2) is 7.37. The Labute approximate surface area is 179 Å². The van der Waals surface area contributed by atoms with Crippen LogP contribution in [0.4, 0.5) is 4.39 Å². The van der Waals surface area contributed by atoms with Crippen LogP contribution in [0.25, 0.3) is 0 Å². The quantitative estimate of drug-likeness (QED) is 0.563. The van der Waals surface area contributed by atoms with E-state index >= 15 is 0 Å². The molecule has 4 rings (SSSR count). The molecule has 0 bridgehead atoms. The molecule has 2 atom stereocenters. The molecule has 2 heterocycles. The van der Waals surface area contributed by atoms with Crippen LogP contribution < -0.4 is 0 Å². The maximum Gasteiger partial charge on any atom is 0.319 e. The van der Waals surface area contributed by atoms with Gasteiger partial charge in [-0.3, -0.25) is 9.80 Å². The molecule has 1 saturated heterocycles. The highest BCUT2D eigenvalue weighted by Crippen LogP contribution is 2.60. The highest BCUT2D eigenvalue weighted by atomic mass is 19.1. The number of rotatable bonds is 4. The van der Waals surface area contributed by atoms with Crippen molar-refractivity contribution in [3.8, 4) is 12.1 Å². The molecule has 0 unspecified atom stereocenters. The maximum absolute atomic E-state index is 14.7. The molecule has 0 N–H and O–H groups in total. The largest absolute Gasteiger partial charge is 0.465 e. The summed E-state index contributed by atoms with van der Waals surface area (Å²) < 4.78 is 20.1. The summed E-state index contributed by atoms with van der Waals surface area (Å²) in [7, 11) is 0. The van der Waals surface area contributed by atoms with Crippen LogP contribution in [0, 0.1) is 33.9 Å². The summed E-state index contributed by atoms with van der Waals surface area (Å²) in [5, 5.41) is 25.8. The zero-order valence-electron chi connectivity index (χ0n) is 16.9. The van der Waals surface area contributed by atoms with Crippen LogP contribution in [-0.4, -0.2) is 29.3 Å². The number of hydrogen-bond acceptors (Lipinski definition) is 6. The molecular formula is C24H19FN4O2. The van der Waals surface area contributed by atoms with Gasteiger partial charge in [-0.05, 0) is 41.7 Å². The summed E-state index contributed by atoms with van der Waals surface area (Å²) in [5.41, 5.74) is -1.79. The van der Waals surface area contributed by atoms with Crippen molar-refractivity contribution in [1.29, 1.82) is 10.5 Å². The third-order valence-electron chi connectivity index (χ3n) is 6.03. The summed E-state index contributed by atoms with van der Waals surface area (Å²) in [6, 6.07) is 16.5. The van der Waals surface area contributed by atoms with E-state index in [0.29, 0.717) is 5.56 Å². The van der Waals surface area contributed by atoms with Gasteiger partial charge in [0.15, 0.2) is 0 Å². The standard InChI is InChI=1S/C24H19FN4O2/c1-3-31-22(30)24(12-17-8-5-7-11-20(17)25)16(2)23(14-26,15-27)29-21(24)19-10-6-4-9-18(19)13-28-29/h4-11,13,21H,2-3,12H2,1H3/t21-,24-/m0/s1. The molecule has 1 fully saturated rings. The second-order valence-corrected chi connectivity index (χ2v) is 7.49. The predicted octanol–water partition coefficient (Wildman–Crippen LogP) is 3.66. The fraction of sp³-hybridized carbons (Fsp3) is 0.250. The SMILES string of the molecule is C=C1C(C#N)(C#N)N2N=Cc3ccccc3[C@H]2[C@@]1(Cc1ccccc1F)C(=O)OCC. The first kappa shape index (κ1) is 20.3. The van der Waals surface area contributed by atoms with Gasteiger partial charge < -0.3 is 4.74 Å². The van der Waals surface area contributed by atoms with Crippen LogP contribution in [0.2, 0.25) is 0 Å². The number of nitrogens with zero attached hydrogens (tertiary/aromatic N) is 4. The minimum absolute atomic E-state index is 0.0329. The molecule has 7 heteroatoms. The molecular weight excluding hydrogens is 395 g/mol. The number of hydrogen-bond donors (Lipinski definition) is 0. The van der Waals surface area contributed by atoms with Crippen molar-refractivity contribution in [1.82, 2.24) is 5.01 Å². The molecule has 2 aliphatic heterocycles. The van der Waals surface area contributed by atoms with Crippen molar-refractivity contribution in [2.75, 3.05) is 6.61 Å². The van der Waals surface area contributed by atoms with Crippen LogP contribution in [0.1, 0.15) is 29.7 Å². The molecule has 0 amide bonds. The number of halogens is 1. The van der Waals surface area contributed by atoms with Crippen molar-refractivity contribution in [2.45, 2.75) is 24.9 Å². The normalized spacial score (nSPS) is 22.8. The van der Waals surface area contributed by atoms with E-state index in [1.165, 1.54) is 11.1 Å². The second-order valence-electron chi connectivity index (χ2n) is 7.49. The van der Waals surface area contributed by atoms with Gasteiger partial charge in [0, 0.05) is 0 Å². The summed E-state index contributed by atoms with van der Waals surface area (Å²) in [5.74, 6) is -1.16. The summed E-state index contributed by atoms with van der Waals surface area (Å²) in [6.45, 7) is 5.79. The Morgan fingerprint density at radius 1 is 1.23 bits per heavy atom. The monoisotopic (exact) mass is 414 g/mol. The molecule has 0 saturated carbocycles. The van der Waals surface area contributed by atoms with Gasteiger partial charge in [-0.25, -0.2) is 4.39 Å². The fourth-order valence-electron chi connectivity index (χ4n) is 4.56. The van der Waals surface area contributed by atoms with Crippen LogP contribution in [0.5, 0.6) is 0 Å². The molecule has 0 aliphatic carbocycles. The van der Waals surface area contributed by atoms with Crippen LogP contribution in [0.15, 0.2) is 65.8 Å². The third kappa shape index (κ3) is 2.67. The number of benzene rings is 2. The van der Waals surface area contributed by atoms with Gasteiger partial charge >= 0.3 is 5.97 Å². The van der Waals surface area contributed by atoms with Crippen LogP contribution in [0.3, 0.4) is 0 Å². The fourth-order valence-corrected chi connectivity index (χ4v) is 4.56. The van der Waals surface area contributed by atoms with Gasteiger partial charge in [0.1, 0.15) is 23.4 Å². The number of carbonyl (C=O) groups excluding carboxylic acids is 1. The lowest BCUT2D eigenvalue weighted by atomic mass is 9.67. The first-order valence-electron chi connectivity index (χ1n) is 9.81. The van der Waals surface area contributed by atoms with E-state index in [2.05, 4.69) is 11.7 Å². The van der Waals surface area contributed by atoms with Gasteiger partial charge in [0.2, 0.25) is 0 Å².